The molecule has 0 aliphatic carbocycles. The van der Waals surface area contributed by atoms with Crippen LogP contribution in [0.2, 0.25) is 0 Å². The van der Waals surface area contributed by atoms with Crippen molar-refractivity contribution < 1.29 is 28.8 Å². The summed E-state index contributed by atoms with van der Waals surface area (Å²) in [6.45, 7) is 0. The second-order valence-electron chi connectivity index (χ2n) is 8.73. The van der Waals surface area contributed by atoms with Crippen LogP contribution in [0.15, 0.2) is 84.9 Å². The van der Waals surface area contributed by atoms with Gasteiger partial charge in [0, 0.05) is 23.3 Å². The molecule has 2 atom stereocenters. The van der Waals surface area contributed by atoms with Crippen molar-refractivity contribution in [3.63, 3.8) is 0 Å². The van der Waals surface area contributed by atoms with Crippen molar-refractivity contribution in [2.75, 3.05) is 5.32 Å². The van der Waals surface area contributed by atoms with Crippen molar-refractivity contribution in [2.24, 2.45) is 5.92 Å². The first-order valence-electron chi connectivity index (χ1n) is 11.6. The highest BCUT2D eigenvalue weighted by Gasteiger charge is 2.46. The number of nitrogens with zero attached hydrogens (tertiary/aromatic N) is 2. The number of nitro benzene ring substituents is 1. The average Bonchev–Trinajstić information content (AvgIpc) is 3.28. The Labute approximate surface area is 220 Å². The van der Waals surface area contributed by atoms with Gasteiger partial charge < -0.3 is 10.1 Å². The average molecular weight is 519 g/mol. The number of ether oxygens (including phenoxy) is 1. The van der Waals surface area contributed by atoms with E-state index in [0.29, 0.717) is 0 Å². The smallest absolute Gasteiger partial charge is 0.339 e. The van der Waals surface area contributed by atoms with Crippen molar-refractivity contribution in [2.45, 2.75) is 6.10 Å². The van der Waals surface area contributed by atoms with Gasteiger partial charge in [0.15, 0.2) is 5.78 Å². The van der Waals surface area contributed by atoms with Gasteiger partial charge in [-0.2, -0.15) is 5.26 Å². The Morgan fingerprint density at radius 3 is 2.41 bits per heavy atom. The molecule has 4 aromatic carbocycles. The van der Waals surface area contributed by atoms with Crippen LogP contribution in [0.5, 0.6) is 0 Å². The number of nitrogens with one attached hydrogen (secondary N) is 1. The summed E-state index contributed by atoms with van der Waals surface area (Å²) in [7, 11) is 0. The molecule has 1 N–H and O–H groups in total. The van der Waals surface area contributed by atoms with Crippen LogP contribution in [-0.2, 0) is 14.3 Å². The Balaban J connectivity index is 1.54. The molecule has 39 heavy (non-hydrogen) atoms. The number of fused-ring (bicyclic) bond motifs is 2. The predicted molar refractivity (Wildman–Crippen MR) is 138 cm³/mol. The quantitative estimate of drug-likeness (QED) is 0.0931. The fourth-order valence-electron chi connectivity index (χ4n) is 4.51. The van der Waals surface area contributed by atoms with E-state index in [4.69, 9.17) is 4.74 Å². The zero-order valence-electron chi connectivity index (χ0n) is 20.0. The number of ketones is 2. The number of carbonyl (C=O) groups is 4. The first-order chi connectivity index (χ1) is 18.8. The lowest BCUT2D eigenvalue weighted by atomic mass is 9.84. The molecule has 10 nitrogen and oxygen atoms in total. The minimum Gasteiger partial charge on any atom is -0.453 e. The van der Waals surface area contributed by atoms with Crippen LogP contribution in [0.1, 0.15) is 37.9 Å². The molecule has 1 aliphatic heterocycles. The van der Waals surface area contributed by atoms with Crippen molar-refractivity contribution in [1.29, 1.82) is 5.26 Å². The maximum Gasteiger partial charge on any atom is 0.339 e. The molecule has 1 heterocycles. The number of esters is 1. The highest BCUT2D eigenvalue weighted by Crippen LogP contribution is 2.38. The molecule has 1 amide bonds. The Kier molecular flexibility index (Phi) is 6.40. The van der Waals surface area contributed by atoms with Crippen molar-refractivity contribution in [3.8, 4) is 6.07 Å². The van der Waals surface area contributed by atoms with Gasteiger partial charge in [-0.15, -0.1) is 0 Å². The summed E-state index contributed by atoms with van der Waals surface area (Å²) >= 11 is 0. The zero-order valence-corrected chi connectivity index (χ0v) is 20.0. The van der Waals surface area contributed by atoms with E-state index in [9.17, 15) is 34.6 Å². The second kappa shape index (κ2) is 9.99. The first-order valence-corrected chi connectivity index (χ1v) is 11.6. The Hall–Kier alpha value is -5.69. The summed E-state index contributed by atoms with van der Waals surface area (Å²) in [6, 6.07) is 23.2. The van der Waals surface area contributed by atoms with Crippen LogP contribution in [0, 0.1) is 27.4 Å². The van der Waals surface area contributed by atoms with Gasteiger partial charge in [0.05, 0.1) is 21.7 Å². The fraction of sp³-hybridized carbons (Fsp3) is 0.0690. The van der Waals surface area contributed by atoms with Crippen molar-refractivity contribution in [3.05, 3.63) is 117 Å². The largest absolute Gasteiger partial charge is 0.453 e. The Bertz CT molecular complexity index is 1760. The van der Waals surface area contributed by atoms with E-state index in [0.717, 1.165) is 29.0 Å². The van der Waals surface area contributed by atoms with Gasteiger partial charge in [-0.1, -0.05) is 54.6 Å². The number of amides is 1. The number of carbonyl (C=O) groups excluding carboxylic acids is 4. The summed E-state index contributed by atoms with van der Waals surface area (Å²) in [6.07, 6.45) is -1.36. The molecular formula is C29H17N3O7. The van der Waals surface area contributed by atoms with Crippen LogP contribution < -0.4 is 5.32 Å². The molecule has 0 bridgehead atoms. The molecule has 0 unspecified atom stereocenters. The third kappa shape index (κ3) is 4.60. The maximum absolute atomic E-state index is 13.8. The lowest BCUT2D eigenvalue weighted by Crippen LogP contribution is -2.38. The van der Waals surface area contributed by atoms with Crippen molar-refractivity contribution >= 4 is 45.6 Å². The Morgan fingerprint density at radius 1 is 0.949 bits per heavy atom. The number of nitro groups is 1. The molecule has 0 fully saturated rings. The standard InChI is InChI=1S/C29H17N3O7/c30-15-19-14-20(32(37)38)11-12-23(19)31-28(35)26(34)24(27-21-7-3-4-8-22(21)29(36)39-27)25(33)18-10-9-16-5-1-2-6-17(16)13-18/h1-14,24,27H,(H,31,35)/t24-,27+/m0/s1. The lowest BCUT2D eigenvalue weighted by Gasteiger charge is -2.21. The topological polar surface area (TPSA) is 156 Å². The van der Waals surface area contributed by atoms with Gasteiger partial charge in [0.2, 0.25) is 5.78 Å². The molecule has 0 saturated heterocycles. The molecule has 190 valence electrons. The maximum atomic E-state index is 13.8. The molecule has 0 aromatic heterocycles. The van der Waals surface area contributed by atoms with Gasteiger partial charge in [-0.3, -0.25) is 24.5 Å². The van der Waals surface area contributed by atoms with E-state index in [1.807, 2.05) is 12.1 Å². The third-order valence-electron chi connectivity index (χ3n) is 6.43. The van der Waals surface area contributed by atoms with Crippen LogP contribution in [0.3, 0.4) is 0 Å². The van der Waals surface area contributed by atoms with E-state index >= 15 is 0 Å². The number of cyclic esters (lactones) is 1. The van der Waals surface area contributed by atoms with E-state index in [1.165, 1.54) is 12.1 Å². The summed E-state index contributed by atoms with van der Waals surface area (Å²) in [4.78, 5) is 63.4. The molecule has 10 heteroatoms. The number of rotatable bonds is 7. The number of benzene rings is 4. The summed E-state index contributed by atoms with van der Waals surface area (Å²) in [5.74, 6) is -5.66. The zero-order chi connectivity index (χ0) is 27.7. The molecule has 4 aromatic rings. The predicted octanol–water partition coefficient (Wildman–Crippen LogP) is 4.54. The molecule has 0 saturated carbocycles. The third-order valence-corrected chi connectivity index (χ3v) is 6.43. The SMILES string of the molecule is N#Cc1cc([N+](=O)[O-])ccc1NC(=O)C(=O)[C@H](C(=O)c1ccc2ccccc2c1)[C@@H]1OC(=O)c2ccccc21. The number of anilines is 1. The molecule has 5 rings (SSSR count). The molecule has 0 spiro atoms. The van der Waals surface area contributed by atoms with Crippen LogP contribution >= 0.6 is 0 Å². The molecular weight excluding hydrogens is 502 g/mol. The molecule has 0 radical (unpaired) electrons. The van der Waals surface area contributed by atoms with Crippen LogP contribution in [0.25, 0.3) is 10.8 Å². The van der Waals surface area contributed by atoms with E-state index < -0.39 is 40.4 Å². The first kappa shape index (κ1) is 25.0. The van der Waals surface area contributed by atoms with Gasteiger partial charge in [0.25, 0.3) is 11.6 Å². The second-order valence-corrected chi connectivity index (χ2v) is 8.73. The van der Waals surface area contributed by atoms with Gasteiger partial charge in [0.1, 0.15) is 18.1 Å². The monoisotopic (exact) mass is 519 g/mol. The summed E-state index contributed by atoms with van der Waals surface area (Å²) in [5.41, 5.74) is -0.185. The van der Waals surface area contributed by atoms with E-state index in [-0.39, 0.29) is 33.6 Å². The number of hydrogen-bond acceptors (Lipinski definition) is 8. The Morgan fingerprint density at radius 2 is 1.67 bits per heavy atom. The van der Waals surface area contributed by atoms with Gasteiger partial charge >= 0.3 is 5.97 Å². The highest BCUT2D eigenvalue weighted by atomic mass is 16.6. The van der Waals surface area contributed by atoms with Crippen LogP contribution in [-0.4, -0.2) is 28.4 Å². The van der Waals surface area contributed by atoms with Crippen molar-refractivity contribution in [1.82, 2.24) is 0 Å². The van der Waals surface area contributed by atoms with Gasteiger partial charge in [-0.25, -0.2) is 4.79 Å². The number of Topliss-reactive ketones (excluding diaryl/α,β-unsaturated/α-hetero) is 2. The lowest BCUT2D eigenvalue weighted by molar-refractivity contribution is -0.384. The normalized spacial score (nSPS) is 14.5. The highest BCUT2D eigenvalue weighted by molar-refractivity contribution is 6.45. The van der Waals surface area contributed by atoms with E-state index in [2.05, 4.69) is 5.32 Å². The number of nitriles is 1. The summed E-state index contributed by atoms with van der Waals surface area (Å²) < 4.78 is 5.44. The number of hydrogen-bond donors (Lipinski definition) is 1. The fourth-order valence-corrected chi connectivity index (χ4v) is 4.51. The van der Waals surface area contributed by atoms with Gasteiger partial charge in [-0.05, 0) is 29.0 Å². The minimum absolute atomic E-state index is 0.133. The number of non-ortho nitro benzene ring substituents is 1. The summed E-state index contributed by atoms with van der Waals surface area (Å²) in [5, 5.41) is 24.3. The van der Waals surface area contributed by atoms with Crippen LogP contribution in [0.4, 0.5) is 11.4 Å². The minimum atomic E-state index is -1.73. The molecule has 1 aliphatic rings. The van der Waals surface area contributed by atoms with E-state index in [1.54, 1.807) is 48.5 Å².